The van der Waals surface area contributed by atoms with Crippen LogP contribution in [0.25, 0.3) is 11.4 Å². The number of aromatic amines is 1. The molecular formula is C18H16ClFN4OS. The summed E-state index contributed by atoms with van der Waals surface area (Å²) in [6.45, 7) is 0.491. The van der Waals surface area contributed by atoms with E-state index in [0.29, 0.717) is 28.1 Å². The molecule has 0 fully saturated rings. The summed E-state index contributed by atoms with van der Waals surface area (Å²) in [6, 6.07) is 13.7. The zero-order chi connectivity index (χ0) is 18.5. The second-order valence-electron chi connectivity index (χ2n) is 5.61. The normalized spacial score (nSPS) is 10.7. The highest BCUT2D eigenvalue weighted by molar-refractivity contribution is 7.99. The number of thioether (sulfide) groups is 1. The largest absolute Gasteiger partial charge is 0.341 e. The molecule has 0 saturated heterocycles. The van der Waals surface area contributed by atoms with E-state index in [4.69, 9.17) is 11.6 Å². The maximum absolute atomic E-state index is 13.8. The molecule has 5 nitrogen and oxygen atoms in total. The van der Waals surface area contributed by atoms with E-state index in [1.165, 1.54) is 17.8 Å². The van der Waals surface area contributed by atoms with E-state index >= 15 is 0 Å². The summed E-state index contributed by atoms with van der Waals surface area (Å²) in [5.74, 6) is 0.104. The van der Waals surface area contributed by atoms with Gasteiger partial charge in [0, 0.05) is 18.6 Å². The molecule has 1 N–H and O–H groups in total. The van der Waals surface area contributed by atoms with Gasteiger partial charge < -0.3 is 4.90 Å². The number of benzene rings is 2. The number of aromatic nitrogens is 3. The van der Waals surface area contributed by atoms with Crippen molar-refractivity contribution in [2.75, 3.05) is 12.8 Å². The first-order valence-electron chi connectivity index (χ1n) is 7.81. The molecule has 134 valence electrons. The van der Waals surface area contributed by atoms with Crippen LogP contribution in [0.5, 0.6) is 0 Å². The minimum atomic E-state index is -0.376. The molecule has 26 heavy (non-hydrogen) atoms. The molecule has 1 amide bonds. The number of hydrogen-bond donors (Lipinski definition) is 1. The number of hydrogen-bond acceptors (Lipinski definition) is 4. The average Bonchev–Trinajstić information content (AvgIpc) is 3.10. The molecular weight excluding hydrogens is 375 g/mol. The van der Waals surface area contributed by atoms with Crippen molar-refractivity contribution in [3.8, 4) is 11.4 Å². The summed E-state index contributed by atoms with van der Waals surface area (Å²) in [5, 5.41) is 7.80. The van der Waals surface area contributed by atoms with Gasteiger partial charge in [-0.25, -0.2) is 9.37 Å². The highest BCUT2D eigenvalue weighted by Crippen LogP contribution is 2.22. The minimum absolute atomic E-state index is 0.0535. The summed E-state index contributed by atoms with van der Waals surface area (Å²) in [5.41, 5.74) is 1.34. The van der Waals surface area contributed by atoms with E-state index in [9.17, 15) is 9.18 Å². The Kier molecular flexibility index (Phi) is 5.90. The van der Waals surface area contributed by atoms with Crippen LogP contribution in [0, 0.1) is 5.82 Å². The van der Waals surface area contributed by atoms with Gasteiger partial charge in [0.2, 0.25) is 11.1 Å². The van der Waals surface area contributed by atoms with Gasteiger partial charge in [0.25, 0.3) is 0 Å². The third kappa shape index (κ3) is 4.62. The van der Waals surface area contributed by atoms with Crippen LogP contribution in [0.4, 0.5) is 4.39 Å². The third-order valence-electron chi connectivity index (χ3n) is 3.68. The minimum Gasteiger partial charge on any atom is -0.341 e. The molecule has 1 aromatic heterocycles. The van der Waals surface area contributed by atoms with Crippen LogP contribution in [0.1, 0.15) is 5.56 Å². The maximum Gasteiger partial charge on any atom is 0.233 e. The summed E-state index contributed by atoms with van der Waals surface area (Å²) in [7, 11) is 1.74. The molecule has 3 aromatic rings. The van der Waals surface area contributed by atoms with Crippen LogP contribution in [0.2, 0.25) is 5.02 Å². The topological polar surface area (TPSA) is 61.9 Å². The zero-order valence-corrected chi connectivity index (χ0v) is 15.5. The number of carbonyl (C=O) groups excluding carboxylic acids is 1. The first-order chi connectivity index (χ1) is 12.5. The number of halogens is 2. The van der Waals surface area contributed by atoms with Crippen LogP contribution in [0.3, 0.4) is 0 Å². The van der Waals surface area contributed by atoms with Crippen molar-refractivity contribution in [1.29, 1.82) is 0 Å². The van der Waals surface area contributed by atoms with E-state index in [2.05, 4.69) is 15.2 Å². The van der Waals surface area contributed by atoms with Crippen LogP contribution in [-0.2, 0) is 11.3 Å². The Morgan fingerprint density at radius 1 is 1.23 bits per heavy atom. The Morgan fingerprint density at radius 2 is 1.96 bits per heavy atom. The fraction of sp³-hybridized carbons (Fsp3) is 0.167. The molecule has 0 aliphatic heterocycles. The van der Waals surface area contributed by atoms with Crippen molar-refractivity contribution >= 4 is 29.3 Å². The van der Waals surface area contributed by atoms with Gasteiger partial charge in [-0.05, 0) is 29.8 Å². The van der Waals surface area contributed by atoms with E-state index in [1.807, 2.05) is 12.1 Å². The predicted molar refractivity (Wildman–Crippen MR) is 100 cm³/mol. The lowest BCUT2D eigenvalue weighted by molar-refractivity contribution is -0.127. The lowest BCUT2D eigenvalue weighted by atomic mass is 10.2. The van der Waals surface area contributed by atoms with Gasteiger partial charge in [-0.15, -0.1) is 5.10 Å². The molecule has 0 aliphatic rings. The number of amides is 1. The van der Waals surface area contributed by atoms with Gasteiger partial charge in [0.05, 0.1) is 11.3 Å². The Labute approximate surface area is 159 Å². The molecule has 0 aliphatic carbocycles. The van der Waals surface area contributed by atoms with Crippen molar-refractivity contribution in [2.45, 2.75) is 11.7 Å². The average molecular weight is 391 g/mol. The van der Waals surface area contributed by atoms with Gasteiger partial charge in [-0.3, -0.25) is 9.89 Å². The molecule has 0 atom stereocenters. The number of nitrogens with one attached hydrogen (secondary N) is 1. The van der Waals surface area contributed by atoms with Gasteiger partial charge in [0.15, 0.2) is 5.82 Å². The highest BCUT2D eigenvalue weighted by Gasteiger charge is 2.14. The lowest BCUT2D eigenvalue weighted by Crippen LogP contribution is -2.27. The van der Waals surface area contributed by atoms with Gasteiger partial charge in [-0.2, -0.15) is 0 Å². The molecule has 3 rings (SSSR count). The van der Waals surface area contributed by atoms with Crippen molar-refractivity contribution < 1.29 is 9.18 Å². The molecule has 2 aromatic carbocycles. The van der Waals surface area contributed by atoms with Gasteiger partial charge in [0.1, 0.15) is 5.82 Å². The van der Waals surface area contributed by atoms with Crippen LogP contribution < -0.4 is 0 Å². The van der Waals surface area contributed by atoms with E-state index in [0.717, 1.165) is 5.56 Å². The van der Waals surface area contributed by atoms with E-state index < -0.39 is 0 Å². The van der Waals surface area contributed by atoms with Crippen LogP contribution in [0.15, 0.2) is 53.7 Å². The molecule has 0 unspecified atom stereocenters. The van der Waals surface area contributed by atoms with Crippen molar-refractivity contribution in [2.24, 2.45) is 0 Å². The predicted octanol–water partition coefficient (Wildman–Crippen LogP) is 4.01. The van der Waals surface area contributed by atoms with Crippen molar-refractivity contribution in [3.63, 3.8) is 0 Å². The smallest absolute Gasteiger partial charge is 0.233 e. The van der Waals surface area contributed by atoms with E-state index in [-0.39, 0.29) is 17.5 Å². The number of carbonyl (C=O) groups is 1. The van der Waals surface area contributed by atoms with Crippen LogP contribution in [-0.4, -0.2) is 38.8 Å². The summed E-state index contributed by atoms with van der Waals surface area (Å²) in [4.78, 5) is 18.1. The van der Waals surface area contributed by atoms with Crippen molar-refractivity contribution in [1.82, 2.24) is 20.1 Å². The molecule has 0 saturated carbocycles. The Bertz CT molecular complexity index is 900. The van der Waals surface area contributed by atoms with E-state index in [1.54, 1.807) is 42.3 Å². The summed E-state index contributed by atoms with van der Waals surface area (Å²) < 4.78 is 13.8. The number of nitrogens with zero attached hydrogens (tertiary/aromatic N) is 3. The Balaban J connectivity index is 1.56. The first kappa shape index (κ1) is 18.4. The van der Waals surface area contributed by atoms with Gasteiger partial charge in [-0.1, -0.05) is 47.6 Å². The Hall–Kier alpha value is -2.38. The lowest BCUT2D eigenvalue weighted by Gasteiger charge is -2.16. The SMILES string of the molecule is CN(Cc1ccc(Cl)cc1)C(=O)CSc1n[nH]c(-c2ccccc2F)n1. The third-order valence-corrected chi connectivity index (χ3v) is 4.76. The molecule has 0 bridgehead atoms. The quantitative estimate of drug-likeness (QED) is 0.646. The van der Waals surface area contributed by atoms with Crippen LogP contribution >= 0.6 is 23.4 Å². The Morgan fingerprint density at radius 3 is 2.69 bits per heavy atom. The number of rotatable bonds is 6. The zero-order valence-electron chi connectivity index (χ0n) is 13.9. The monoisotopic (exact) mass is 390 g/mol. The summed E-state index contributed by atoms with van der Waals surface area (Å²) in [6.07, 6.45) is 0. The maximum atomic E-state index is 13.8. The molecule has 8 heteroatoms. The van der Waals surface area contributed by atoms with Gasteiger partial charge >= 0.3 is 0 Å². The fourth-order valence-corrected chi connectivity index (χ4v) is 3.14. The summed E-state index contributed by atoms with van der Waals surface area (Å²) >= 11 is 7.06. The molecule has 1 heterocycles. The number of H-pyrrole nitrogens is 1. The standard InChI is InChI=1S/C18H16ClFN4OS/c1-24(10-12-6-8-13(19)9-7-12)16(25)11-26-18-21-17(22-23-18)14-4-2-3-5-15(14)20/h2-9H,10-11H2,1H3,(H,21,22,23). The highest BCUT2D eigenvalue weighted by atomic mass is 35.5. The second-order valence-corrected chi connectivity index (χ2v) is 6.99. The fourth-order valence-electron chi connectivity index (χ4n) is 2.27. The second kappa shape index (κ2) is 8.33. The van der Waals surface area contributed by atoms with Crippen molar-refractivity contribution in [3.05, 3.63) is 64.9 Å². The first-order valence-corrected chi connectivity index (χ1v) is 9.18. The molecule has 0 spiro atoms. The molecule has 0 radical (unpaired) electrons.